The highest BCUT2D eigenvalue weighted by Gasteiger charge is 1.96. The van der Waals surface area contributed by atoms with E-state index >= 15 is 0 Å². The van der Waals surface area contributed by atoms with Gasteiger partial charge in [0.05, 0.1) is 0 Å². The highest BCUT2D eigenvalue weighted by Crippen LogP contribution is 2.15. The van der Waals surface area contributed by atoms with E-state index in [2.05, 4.69) is 0 Å². The van der Waals surface area contributed by atoms with Gasteiger partial charge >= 0.3 is 0 Å². The van der Waals surface area contributed by atoms with Crippen LogP contribution >= 0.6 is 0 Å². The second kappa shape index (κ2) is 4.71. The van der Waals surface area contributed by atoms with Crippen molar-refractivity contribution in [3.05, 3.63) is 59.7 Å². The molecule has 0 bridgehead atoms. The van der Waals surface area contributed by atoms with Crippen LogP contribution in [0.3, 0.4) is 0 Å². The zero-order valence-electron chi connectivity index (χ0n) is 9.31. The SMILES string of the molecule is Cc1cccc(OCc2cccc(N)c2)c1. The molecule has 0 aliphatic carbocycles. The van der Waals surface area contributed by atoms with Crippen molar-refractivity contribution in [2.45, 2.75) is 13.5 Å². The summed E-state index contributed by atoms with van der Waals surface area (Å²) in [5.41, 5.74) is 8.75. The van der Waals surface area contributed by atoms with Crippen LogP contribution in [0.5, 0.6) is 5.75 Å². The summed E-state index contributed by atoms with van der Waals surface area (Å²) in [7, 11) is 0. The third kappa shape index (κ3) is 2.76. The summed E-state index contributed by atoms with van der Waals surface area (Å²) in [5.74, 6) is 0.891. The predicted octanol–water partition coefficient (Wildman–Crippen LogP) is 3.16. The number of aryl methyl sites for hydroxylation is 1. The Morgan fingerprint density at radius 1 is 1.06 bits per heavy atom. The average Bonchev–Trinajstić information content (AvgIpc) is 2.27. The van der Waals surface area contributed by atoms with Gasteiger partial charge < -0.3 is 10.5 Å². The number of ether oxygens (including phenoxy) is 1. The number of hydrogen-bond acceptors (Lipinski definition) is 2. The van der Waals surface area contributed by atoms with Gasteiger partial charge in [0.1, 0.15) is 12.4 Å². The van der Waals surface area contributed by atoms with Crippen LogP contribution in [0.1, 0.15) is 11.1 Å². The average molecular weight is 213 g/mol. The molecule has 0 aliphatic rings. The summed E-state index contributed by atoms with van der Waals surface area (Å²) in [6.07, 6.45) is 0. The first kappa shape index (κ1) is 10.6. The molecular weight excluding hydrogens is 198 g/mol. The van der Waals surface area contributed by atoms with E-state index in [1.54, 1.807) is 0 Å². The molecule has 82 valence electrons. The zero-order valence-corrected chi connectivity index (χ0v) is 9.31. The maximum Gasteiger partial charge on any atom is 0.120 e. The van der Waals surface area contributed by atoms with E-state index in [0.29, 0.717) is 6.61 Å². The van der Waals surface area contributed by atoms with Crippen molar-refractivity contribution in [1.29, 1.82) is 0 Å². The molecule has 0 heterocycles. The number of hydrogen-bond donors (Lipinski definition) is 1. The highest BCUT2D eigenvalue weighted by atomic mass is 16.5. The molecule has 0 radical (unpaired) electrons. The lowest BCUT2D eigenvalue weighted by Gasteiger charge is -2.07. The summed E-state index contributed by atoms with van der Waals surface area (Å²) in [6.45, 7) is 2.60. The molecule has 2 N–H and O–H groups in total. The lowest BCUT2D eigenvalue weighted by molar-refractivity contribution is 0.306. The third-order valence-electron chi connectivity index (χ3n) is 2.35. The number of rotatable bonds is 3. The Labute approximate surface area is 95.7 Å². The fraction of sp³-hybridized carbons (Fsp3) is 0.143. The van der Waals surface area contributed by atoms with Crippen LogP contribution in [-0.4, -0.2) is 0 Å². The van der Waals surface area contributed by atoms with Gasteiger partial charge in [0, 0.05) is 5.69 Å². The molecule has 2 nitrogen and oxygen atoms in total. The Bertz CT molecular complexity index is 434. The second-order valence-corrected chi connectivity index (χ2v) is 3.85. The molecule has 0 unspecified atom stereocenters. The van der Waals surface area contributed by atoms with E-state index in [1.807, 2.05) is 55.5 Å². The van der Waals surface area contributed by atoms with E-state index in [4.69, 9.17) is 10.5 Å². The minimum Gasteiger partial charge on any atom is -0.489 e. The Kier molecular flexibility index (Phi) is 3.10. The summed E-state index contributed by atoms with van der Waals surface area (Å²) >= 11 is 0. The van der Waals surface area contributed by atoms with Crippen molar-refractivity contribution < 1.29 is 4.74 Å². The van der Waals surface area contributed by atoms with Gasteiger partial charge in [0.2, 0.25) is 0 Å². The van der Waals surface area contributed by atoms with Gasteiger partial charge in [-0.05, 0) is 42.3 Å². The standard InChI is InChI=1S/C14H15NO/c1-11-4-2-7-14(8-11)16-10-12-5-3-6-13(15)9-12/h2-9H,10,15H2,1H3. The van der Waals surface area contributed by atoms with Crippen molar-refractivity contribution in [3.63, 3.8) is 0 Å². The maximum absolute atomic E-state index is 5.70. The molecule has 0 aromatic heterocycles. The minimum absolute atomic E-state index is 0.550. The normalized spacial score (nSPS) is 10.1. The summed E-state index contributed by atoms with van der Waals surface area (Å²) in [5, 5.41) is 0. The first-order valence-electron chi connectivity index (χ1n) is 5.28. The number of benzene rings is 2. The Morgan fingerprint density at radius 3 is 2.62 bits per heavy atom. The zero-order chi connectivity index (χ0) is 11.4. The van der Waals surface area contributed by atoms with E-state index < -0.39 is 0 Å². The second-order valence-electron chi connectivity index (χ2n) is 3.85. The van der Waals surface area contributed by atoms with Gasteiger partial charge in [0.15, 0.2) is 0 Å². The Hall–Kier alpha value is -1.96. The summed E-state index contributed by atoms with van der Waals surface area (Å²) in [4.78, 5) is 0. The minimum atomic E-state index is 0.550. The molecule has 2 rings (SSSR count). The number of nitrogens with two attached hydrogens (primary N) is 1. The maximum atomic E-state index is 5.70. The molecule has 0 amide bonds. The lowest BCUT2D eigenvalue weighted by atomic mass is 10.2. The Balaban J connectivity index is 2.02. The van der Waals surface area contributed by atoms with Crippen LogP contribution < -0.4 is 10.5 Å². The highest BCUT2D eigenvalue weighted by molar-refractivity contribution is 5.40. The topological polar surface area (TPSA) is 35.2 Å². The number of nitrogen functional groups attached to an aromatic ring is 1. The van der Waals surface area contributed by atoms with Crippen molar-refractivity contribution in [2.24, 2.45) is 0 Å². The molecule has 0 atom stereocenters. The van der Waals surface area contributed by atoms with Crippen molar-refractivity contribution >= 4 is 5.69 Å². The molecule has 2 heteroatoms. The lowest BCUT2D eigenvalue weighted by Crippen LogP contribution is -1.96. The van der Waals surface area contributed by atoms with E-state index in [1.165, 1.54) is 5.56 Å². The van der Waals surface area contributed by atoms with Gasteiger partial charge in [0.25, 0.3) is 0 Å². The summed E-state index contributed by atoms with van der Waals surface area (Å²) in [6, 6.07) is 15.8. The third-order valence-corrected chi connectivity index (χ3v) is 2.35. The van der Waals surface area contributed by atoms with Crippen molar-refractivity contribution in [2.75, 3.05) is 5.73 Å². The van der Waals surface area contributed by atoms with Crippen molar-refractivity contribution in [3.8, 4) is 5.75 Å². The van der Waals surface area contributed by atoms with Crippen molar-refractivity contribution in [1.82, 2.24) is 0 Å². The van der Waals surface area contributed by atoms with Crippen LogP contribution in [0, 0.1) is 6.92 Å². The molecule has 16 heavy (non-hydrogen) atoms. The first-order valence-corrected chi connectivity index (χ1v) is 5.28. The largest absolute Gasteiger partial charge is 0.489 e. The van der Waals surface area contributed by atoms with E-state index in [0.717, 1.165) is 17.0 Å². The van der Waals surface area contributed by atoms with E-state index in [9.17, 15) is 0 Å². The molecule has 0 saturated carbocycles. The van der Waals surface area contributed by atoms with Gasteiger partial charge in [-0.3, -0.25) is 0 Å². The first-order chi connectivity index (χ1) is 7.74. The van der Waals surface area contributed by atoms with Crippen LogP contribution in [-0.2, 0) is 6.61 Å². The molecule has 0 spiro atoms. The number of anilines is 1. The monoisotopic (exact) mass is 213 g/mol. The van der Waals surface area contributed by atoms with Crippen LogP contribution in [0.4, 0.5) is 5.69 Å². The van der Waals surface area contributed by atoms with Crippen LogP contribution in [0.2, 0.25) is 0 Å². The molecular formula is C14H15NO. The predicted molar refractivity (Wildman–Crippen MR) is 66.4 cm³/mol. The molecule has 2 aromatic carbocycles. The molecule has 2 aromatic rings. The fourth-order valence-corrected chi connectivity index (χ4v) is 1.55. The van der Waals surface area contributed by atoms with Crippen LogP contribution in [0.25, 0.3) is 0 Å². The quantitative estimate of drug-likeness (QED) is 0.795. The van der Waals surface area contributed by atoms with Crippen LogP contribution in [0.15, 0.2) is 48.5 Å². The molecule has 0 saturated heterocycles. The van der Waals surface area contributed by atoms with Gasteiger partial charge in [-0.25, -0.2) is 0 Å². The Morgan fingerprint density at radius 2 is 1.88 bits per heavy atom. The van der Waals surface area contributed by atoms with E-state index in [-0.39, 0.29) is 0 Å². The molecule has 0 aliphatic heterocycles. The fourth-order valence-electron chi connectivity index (χ4n) is 1.55. The van der Waals surface area contributed by atoms with Gasteiger partial charge in [-0.2, -0.15) is 0 Å². The molecule has 0 fully saturated rings. The summed E-state index contributed by atoms with van der Waals surface area (Å²) < 4.78 is 5.67. The van der Waals surface area contributed by atoms with Gasteiger partial charge in [-0.15, -0.1) is 0 Å². The van der Waals surface area contributed by atoms with Gasteiger partial charge in [-0.1, -0.05) is 24.3 Å². The smallest absolute Gasteiger partial charge is 0.120 e.